The minimum absolute atomic E-state index is 0.392. The molecule has 0 amide bonds. The van der Waals surface area contributed by atoms with Gasteiger partial charge in [-0.25, -0.2) is 4.98 Å². The molecule has 1 rings (SSSR count). The molecule has 0 saturated heterocycles. The van der Waals surface area contributed by atoms with Crippen LogP contribution in [-0.4, -0.2) is 16.6 Å². The lowest BCUT2D eigenvalue weighted by molar-refractivity contribution is 0.293. The Balaban J connectivity index is 2.29. The zero-order chi connectivity index (χ0) is 10.2. The predicted molar refractivity (Wildman–Crippen MR) is 56.6 cm³/mol. The van der Waals surface area contributed by atoms with E-state index >= 15 is 0 Å². The number of halogens is 1. The largest absolute Gasteiger partial charge is 0.477 e. The van der Waals surface area contributed by atoms with Crippen LogP contribution in [0, 0.1) is 0 Å². The predicted octanol–water partition coefficient (Wildman–Crippen LogP) is 2.78. The van der Waals surface area contributed by atoms with Crippen molar-refractivity contribution >= 4 is 11.6 Å². The summed E-state index contributed by atoms with van der Waals surface area (Å²) in [6.07, 6.45) is 6.70. The lowest BCUT2D eigenvalue weighted by atomic mass is 10.3. The van der Waals surface area contributed by atoms with Gasteiger partial charge in [0.25, 0.3) is 0 Å². The van der Waals surface area contributed by atoms with Crippen LogP contribution in [0.2, 0.25) is 0 Å². The Labute approximate surface area is 89.5 Å². The van der Waals surface area contributed by atoms with Crippen molar-refractivity contribution < 1.29 is 4.74 Å². The topological polar surface area (TPSA) is 35.0 Å². The maximum absolute atomic E-state index is 5.58. The summed E-state index contributed by atoms with van der Waals surface area (Å²) in [4.78, 5) is 8.15. The minimum atomic E-state index is 0.392. The van der Waals surface area contributed by atoms with Crippen molar-refractivity contribution in [3.63, 3.8) is 0 Å². The van der Waals surface area contributed by atoms with E-state index in [1.165, 1.54) is 12.8 Å². The zero-order valence-electron chi connectivity index (χ0n) is 8.37. The highest BCUT2D eigenvalue weighted by atomic mass is 35.5. The van der Waals surface area contributed by atoms with Gasteiger partial charge in [0.15, 0.2) is 0 Å². The standard InChI is InChI=1S/C10H15ClN2O/c1-2-3-4-5-14-10-8-12-9(6-11)7-13-10/h7-8H,2-6H2,1H3. The number of alkyl halides is 1. The van der Waals surface area contributed by atoms with Gasteiger partial charge >= 0.3 is 0 Å². The molecule has 0 atom stereocenters. The number of ether oxygens (including phenoxy) is 1. The summed E-state index contributed by atoms with van der Waals surface area (Å²) in [5, 5.41) is 0. The maximum Gasteiger partial charge on any atom is 0.232 e. The molecule has 78 valence electrons. The van der Waals surface area contributed by atoms with Crippen LogP contribution in [0.15, 0.2) is 12.4 Å². The summed E-state index contributed by atoms with van der Waals surface area (Å²) in [6, 6.07) is 0. The molecule has 0 bridgehead atoms. The average Bonchev–Trinajstić information content (AvgIpc) is 2.25. The molecule has 0 radical (unpaired) electrons. The molecule has 0 unspecified atom stereocenters. The van der Waals surface area contributed by atoms with Gasteiger partial charge in [-0.15, -0.1) is 11.6 Å². The normalized spacial score (nSPS) is 10.1. The molecule has 4 heteroatoms. The molecule has 1 aromatic rings. The van der Waals surface area contributed by atoms with Gasteiger partial charge in [-0.2, -0.15) is 0 Å². The summed E-state index contributed by atoms with van der Waals surface area (Å²) < 4.78 is 5.39. The van der Waals surface area contributed by atoms with Gasteiger partial charge in [0.1, 0.15) is 0 Å². The molecular weight excluding hydrogens is 200 g/mol. The van der Waals surface area contributed by atoms with E-state index in [0.717, 1.165) is 12.1 Å². The third-order valence-electron chi connectivity index (χ3n) is 1.82. The highest BCUT2D eigenvalue weighted by Gasteiger charge is 1.96. The minimum Gasteiger partial charge on any atom is -0.477 e. The molecule has 1 aromatic heterocycles. The van der Waals surface area contributed by atoms with Crippen molar-refractivity contribution in [2.75, 3.05) is 6.61 Å². The van der Waals surface area contributed by atoms with Gasteiger partial charge < -0.3 is 4.74 Å². The molecule has 3 nitrogen and oxygen atoms in total. The van der Waals surface area contributed by atoms with Gasteiger partial charge in [0.05, 0.1) is 30.6 Å². The number of hydrogen-bond donors (Lipinski definition) is 0. The van der Waals surface area contributed by atoms with E-state index < -0.39 is 0 Å². The van der Waals surface area contributed by atoms with Crippen molar-refractivity contribution in [1.29, 1.82) is 0 Å². The molecule has 1 heterocycles. The van der Waals surface area contributed by atoms with E-state index in [9.17, 15) is 0 Å². The van der Waals surface area contributed by atoms with Crippen LogP contribution in [0.25, 0.3) is 0 Å². The Morgan fingerprint density at radius 3 is 2.71 bits per heavy atom. The fourth-order valence-corrected chi connectivity index (χ4v) is 1.15. The van der Waals surface area contributed by atoms with E-state index in [2.05, 4.69) is 16.9 Å². The maximum atomic E-state index is 5.58. The number of nitrogens with zero attached hydrogens (tertiary/aromatic N) is 2. The van der Waals surface area contributed by atoms with Crippen LogP contribution in [0.4, 0.5) is 0 Å². The molecule has 0 N–H and O–H groups in total. The van der Waals surface area contributed by atoms with Crippen molar-refractivity contribution in [2.24, 2.45) is 0 Å². The Hall–Kier alpha value is -0.830. The molecule has 14 heavy (non-hydrogen) atoms. The Kier molecular flexibility index (Phi) is 5.30. The van der Waals surface area contributed by atoms with Crippen LogP contribution in [-0.2, 0) is 5.88 Å². The van der Waals surface area contributed by atoms with Crippen molar-refractivity contribution in [3.8, 4) is 5.88 Å². The Bertz CT molecular complexity index is 251. The van der Waals surface area contributed by atoms with Crippen molar-refractivity contribution in [3.05, 3.63) is 18.1 Å². The Morgan fingerprint density at radius 2 is 2.14 bits per heavy atom. The molecule has 0 aliphatic heterocycles. The van der Waals surface area contributed by atoms with E-state index in [0.29, 0.717) is 18.4 Å². The lowest BCUT2D eigenvalue weighted by Crippen LogP contribution is -2.00. The third-order valence-corrected chi connectivity index (χ3v) is 2.09. The van der Waals surface area contributed by atoms with E-state index in [4.69, 9.17) is 16.3 Å². The molecule has 0 aliphatic rings. The van der Waals surface area contributed by atoms with Gasteiger partial charge in [0.2, 0.25) is 5.88 Å². The van der Waals surface area contributed by atoms with E-state index in [1.54, 1.807) is 12.4 Å². The fraction of sp³-hybridized carbons (Fsp3) is 0.600. The SMILES string of the molecule is CCCCCOc1cnc(CCl)cn1. The second-order valence-corrected chi connectivity index (χ2v) is 3.30. The number of aromatic nitrogens is 2. The summed E-state index contributed by atoms with van der Waals surface area (Å²) in [5.74, 6) is 0.971. The smallest absolute Gasteiger partial charge is 0.232 e. The van der Waals surface area contributed by atoms with Crippen LogP contribution in [0.5, 0.6) is 5.88 Å². The molecule has 0 aliphatic carbocycles. The van der Waals surface area contributed by atoms with Gasteiger partial charge in [-0.3, -0.25) is 4.98 Å². The first-order valence-electron chi connectivity index (χ1n) is 4.86. The van der Waals surface area contributed by atoms with E-state index in [1.807, 2.05) is 0 Å². The molecule has 0 aromatic carbocycles. The second-order valence-electron chi connectivity index (χ2n) is 3.04. The molecule has 0 fully saturated rings. The van der Waals surface area contributed by atoms with Crippen LogP contribution < -0.4 is 4.74 Å². The molecular formula is C10H15ClN2O. The van der Waals surface area contributed by atoms with Crippen molar-refractivity contribution in [2.45, 2.75) is 32.1 Å². The van der Waals surface area contributed by atoms with Gasteiger partial charge in [-0.1, -0.05) is 19.8 Å². The number of unbranched alkanes of at least 4 members (excludes halogenated alkanes) is 2. The first kappa shape index (κ1) is 11.2. The van der Waals surface area contributed by atoms with Gasteiger partial charge in [0, 0.05) is 0 Å². The number of rotatable bonds is 6. The van der Waals surface area contributed by atoms with Crippen LogP contribution >= 0.6 is 11.6 Å². The summed E-state index contributed by atoms with van der Waals surface area (Å²) >= 11 is 5.58. The molecule has 0 spiro atoms. The van der Waals surface area contributed by atoms with E-state index in [-0.39, 0.29) is 0 Å². The average molecular weight is 215 g/mol. The summed E-state index contributed by atoms with van der Waals surface area (Å²) in [7, 11) is 0. The highest BCUT2D eigenvalue weighted by molar-refractivity contribution is 6.16. The summed E-state index contributed by atoms with van der Waals surface area (Å²) in [6.45, 7) is 2.87. The first-order chi connectivity index (χ1) is 6.86. The van der Waals surface area contributed by atoms with Crippen LogP contribution in [0.1, 0.15) is 31.9 Å². The molecule has 0 saturated carbocycles. The quantitative estimate of drug-likeness (QED) is 0.540. The lowest BCUT2D eigenvalue weighted by Gasteiger charge is -2.03. The third kappa shape index (κ3) is 3.92. The second kappa shape index (κ2) is 6.60. The zero-order valence-corrected chi connectivity index (χ0v) is 9.13. The first-order valence-corrected chi connectivity index (χ1v) is 5.40. The highest BCUT2D eigenvalue weighted by Crippen LogP contribution is 2.06. The van der Waals surface area contributed by atoms with Crippen molar-refractivity contribution in [1.82, 2.24) is 9.97 Å². The Morgan fingerprint density at radius 1 is 1.29 bits per heavy atom. The number of hydrogen-bond acceptors (Lipinski definition) is 3. The van der Waals surface area contributed by atoms with Crippen LogP contribution in [0.3, 0.4) is 0 Å². The monoisotopic (exact) mass is 214 g/mol. The fourth-order valence-electron chi connectivity index (χ4n) is 1.02. The van der Waals surface area contributed by atoms with Gasteiger partial charge in [-0.05, 0) is 6.42 Å². The summed E-state index contributed by atoms with van der Waals surface area (Å²) in [5.41, 5.74) is 0.771.